The summed E-state index contributed by atoms with van der Waals surface area (Å²) in [6.45, 7) is 0. The Labute approximate surface area is 117 Å². The Bertz CT molecular complexity index is 593. The smallest absolute Gasteiger partial charge is 0.269 e. The number of hydrogen-bond donors (Lipinski definition) is 2. The standard InChI is InChI=1S/C15H16N4O/c16-15(20)12-8-9-13(19-18-12)17-14(11-6-7-11)10-4-2-1-3-5-10/h1-5,8-9,11,14H,6-7H2,(H2,16,20)(H,17,19). The second-order valence-corrected chi connectivity index (χ2v) is 5.04. The highest BCUT2D eigenvalue weighted by atomic mass is 16.1. The second-order valence-electron chi connectivity index (χ2n) is 5.04. The van der Waals surface area contributed by atoms with Gasteiger partial charge in [0.15, 0.2) is 5.69 Å². The summed E-state index contributed by atoms with van der Waals surface area (Å²) in [6.07, 6.45) is 2.44. The number of amides is 1. The summed E-state index contributed by atoms with van der Waals surface area (Å²) in [5.74, 6) is 0.733. The van der Waals surface area contributed by atoms with E-state index in [0.29, 0.717) is 11.7 Å². The van der Waals surface area contributed by atoms with Crippen molar-refractivity contribution in [1.29, 1.82) is 0 Å². The predicted octanol–water partition coefficient (Wildman–Crippen LogP) is 2.14. The van der Waals surface area contributed by atoms with Gasteiger partial charge in [0.25, 0.3) is 5.91 Å². The van der Waals surface area contributed by atoms with Crippen molar-refractivity contribution in [2.24, 2.45) is 11.7 Å². The van der Waals surface area contributed by atoms with Gasteiger partial charge in [-0.1, -0.05) is 30.3 Å². The predicted molar refractivity (Wildman–Crippen MR) is 76.1 cm³/mol. The Balaban J connectivity index is 1.78. The van der Waals surface area contributed by atoms with Crippen molar-refractivity contribution >= 4 is 11.7 Å². The molecule has 1 aromatic heterocycles. The molecule has 0 spiro atoms. The van der Waals surface area contributed by atoms with Gasteiger partial charge < -0.3 is 11.1 Å². The number of nitrogens with zero attached hydrogens (tertiary/aromatic N) is 2. The molecule has 0 bridgehead atoms. The van der Waals surface area contributed by atoms with E-state index in [1.807, 2.05) is 18.2 Å². The van der Waals surface area contributed by atoms with E-state index >= 15 is 0 Å². The van der Waals surface area contributed by atoms with Crippen molar-refractivity contribution in [3.63, 3.8) is 0 Å². The van der Waals surface area contributed by atoms with Crippen LogP contribution in [0.5, 0.6) is 0 Å². The summed E-state index contributed by atoms with van der Waals surface area (Å²) in [5, 5.41) is 11.2. The lowest BCUT2D eigenvalue weighted by atomic mass is 10.0. The lowest BCUT2D eigenvalue weighted by molar-refractivity contribution is 0.0994. The van der Waals surface area contributed by atoms with Crippen LogP contribution in [-0.2, 0) is 0 Å². The van der Waals surface area contributed by atoms with Crippen molar-refractivity contribution in [2.45, 2.75) is 18.9 Å². The fourth-order valence-corrected chi connectivity index (χ4v) is 2.26. The lowest BCUT2D eigenvalue weighted by Crippen LogP contribution is -2.17. The maximum Gasteiger partial charge on any atom is 0.269 e. The molecule has 1 fully saturated rings. The van der Waals surface area contributed by atoms with Gasteiger partial charge >= 0.3 is 0 Å². The summed E-state index contributed by atoms with van der Waals surface area (Å²) < 4.78 is 0. The first-order chi connectivity index (χ1) is 9.74. The molecule has 1 atom stereocenters. The van der Waals surface area contributed by atoms with E-state index in [4.69, 9.17) is 5.73 Å². The van der Waals surface area contributed by atoms with Crippen LogP contribution >= 0.6 is 0 Å². The van der Waals surface area contributed by atoms with Crippen molar-refractivity contribution in [3.05, 3.63) is 53.7 Å². The highest BCUT2D eigenvalue weighted by molar-refractivity contribution is 5.90. The van der Waals surface area contributed by atoms with Crippen LogP contribution in [0.1, 0.15) is 34.9 Å². The Morgan fingerprint density at radius 1 is 1.15 bits per heavy atom. The number of nitrogens with one attached hydrogen (secondary N) is 1. The molecule has 20 heavy (non-hydrogen) atoms. The fraction of sp³-hybridized carbons (Fsp3) is 0.267. The summed E-state index contributed by atoms with van der Waals surface area (Å²) in [6, 6.07) is 13.9. The van der Waals surface area contributed by atoms with Crippen LogP contribution in [0.15, 0.2) is 42.5 Å². The van der Waals surface area contributed by atoms with Gasteiger partial charge in [-0.25, -0.2) is 0 Å². The Kier molecular flexibility index (Phi) is 3.33. The highest BCUT2D eigenvalue weighted by Gasteiger charge is 2.32. The van der Waals surface area contributed by atoms with Crippen molar-refractivity contribution in [3.8, 4) is 0 Å². The van der Waals surface area contributed by atoms with Crippen LogP contribution < -0.4 is 11.1 Å². The van der Waals surface area contributed by atoms with Gasteiger partial charge in [0.05, 0.1) is 6.04 Å². The molecule has 1 heterocycles. The van der Waals surface area contributed by atoms with E-state index in [1.165, 1.54) is 18.4 Å². The summed E-state index contributed by atoms with van der Waals surface area (Å²) in [7, 11) is 0. The number of carbonyl (C=O) groups excluding carboxylic acids is 1. The van der Waals surface area contributed by atoms with Gasteiger partial charge in [-0.3, -0.25) is 4.79 Å². The molecular formula is C15H16N4O. The Morgan fingerprint density at radius 2 is 1.90 bits per heavy atom. The Morgan fingerprint density at radius 3 is 2.45 bits per heavy atom. The molecule has 1 aromatic carbocycles. The van der Waals surface area contributed by atoms with E-state index in [2.05, 4.69) is 27.6 Å². The van der Waals surface area contributed by atoms with Gasteiger partial charge in [-0.05, 0) is 36.5 Å². The van der Waals surface area contributed by atoms with Crippen LogP contribution in [0.3, 0.4) is 0 Å². The zero-order valence-electron chi connectivity index (χ0n) is 11.0. The minimum atomic E-state index is -0.564. The lowest BCUT2D eigenvalue weighted by Gasteiger charge is -2.19. The van der Waals surface area contributed by atoms with E-state index in [9.17, 15) is 4.79 Å². The third-order valence-electron chi connectivity index (χ3n) is 3.47. The number of rotatable bonds is 5. The fourth-order valence-electron chi connectivity index (χ4n) is 2.26. The monoisotopic (exact) mass is 268 g/mol. The van der Waals surface area contributed by atoms with Crippen molar-refractivity contribution < 1.29 is 4.79 Å². The minimum Gasteiger partial charge on any atom is -0.364 e. The van der Waals surface area contributed by atoms with Crippen LogP contribution in [0.25, 0.3) is 0 Å². The minimum absolute atomic E-state index is 0.179. The Hall–Kier alpha value is -2.43. The van der Waals surface area contributed by atoms with E-state index in [0.717, 1.165) is 0 Å². The molecule has 1 saturated carbocycles. The van der Waals surface area contributed by atoms with Gasteiger partial charge in [0.1, 0.15) is 5.82 Å². The molecule has 5 heteroatoms. The SMILES string of the molecule is NC(=O)c1ccc(NC(c2ccccc2)C2CC2)nn1. The number of aromatic nitrogens is 2. The number of nitrogens with two attached hydrogens (primary N) is 1. The van der Waals surface area contributed by atoms with E-state index in [1.54, 1.807) is 12.1 Å². The maximum absolute atomic E-state index is 11.0. The van der Waals surface area contributed by atoms with Gasteiger partial charge in [0.2, 0.25) is 0 Å². The summed E-state index contributed by atoms with van der Waals surface area (Å²) in [4.78, 5) is 11.0. The number of anilines is 1. The van der Waals surface area contributed by atoms with Crippen molar-refractivity contribution in [1.82, 2.24) is 10.2 Å². The van der Waals surface area contributed by atoms with Crippen LogP contribution in [0.2, 0.25) is 0 Å². The largest absolute Gasteiger partial charge is 0.364 e. The first-order valence-corrected chi connectivity index (χ1v) is 6.69. The zero-order valence-corrected chi connectivity index (χ0v) is 11.0. The van der Waals surface area contributed by atoms with E-state index in [-0.39, 0.29) is 11.7 Å². The quantitative estimate of drug-likeness (QED) is 0.870. The molecule has 1 amide bonds. The van der Waals surface area contributed by atoms with Crippen molar-refractivity contribution in [2.75, 3.05) is 5.32 Å². The molecule has 2 aromatic rings. The number of primary amides is 1. The highest BCUT2D eigenvalue weighted by Crippen LogP contribution is 2.42. The first kappa shape index (κ1) is 12.6. The number of hydrogen-bond acceptors (Lipinski definition) is 4. The third-order valence-corrected chi connectivity index (χ3v) is 3.47. The van der Waals surface area contributed by atoms with Gasteiger partial charge in [-0.15, -0.1) is 10.2 Å². The summed E-state index contributed by atoms with van der Waals surface area (Å²) in [5.41, 5.74) is 6.58. The number of benzene rings is 1. The third kappa shape index (κ3) is 2.77. The first-order valence-electron chi connectivity index (χ1n) is 6.69. The van der Waals surface area contributed by atoms with Crippen LogP contribution in [0, 0.1) is 5.92 Å². The van der Waals surface area contributed by atoms with Crippen LogP contribution in [-0.4, -0.2) is 16.1 Å². The number of carbonyl (C=O) groups is 1. The van der Waals surface area contributed by atoms with Gasteiger partial charge in [-0.2, -0.15) is 0 Å². The van der Waals surface area contributed by atoms with Crippen LogP contribution in [0.4, 0.5) is 5.82 Å². The van der Waals surface area contributed by atoms with E-state index < -0.39 is 5.91 Å². The average molecular weight is 268 g/mol. The molecule has 0 saturated heterocycles. The zero-order chi connectivity index (χ0) is 13.9. The molecule has 102 valence electrons. The molecule has 5 nitrogen and oxygen atoms in total. The maximum atomic E-state index is 11.0. The molecule has 0 aliphatic heterocycles. The molecule has 1 aliphatic rings. The second kappa shape index (κ2) is 5.28. The average Bonchev–Trinajstić information content (AvgIpc) is 3.31. The molecule has 3 N–H and O–H groups in total. The normalized spacial score (nSPS) is 15.6. The van der Waals surface area contributed by atoms with Gasteiger partial charge in [0, 0.05) is 0 Å². The molecule has 0 radical (unpaired) electrons. The molecule has 1 unspecified atom stereocenters. The topological polar surface area (TPSA) is 80.9 Å². The molecule has 1 aliphatic carbocycles. The summed E-state index contributed by atoms with van der Waals surface area (Å²) >= 11 is 0. The molecule has 3 rings (SSSR count). The molecular weight excluding hydrogens is 252 g/mol.